The molecule has 0 radical (unpaired) electrons. The van der Waals surface area contributed by atoms with Crippen molar-refractivity contribution in [1.82, 2.24) is 10.3 Å². The second-order valence-electron chi connectivity index (χ2n) is 12.3. The number of pyridine rings is 1. The SMILES string of the molecule is CCCCCCCC(=O)CCCCCC/C=C/C(C(=O)NC(Cc1ccc(OCc2cccnc2)cc1)C(=O)O)C(O)(CC(=O)O)C(=O)O. The number of ketones is 1. The van der Waals surface area contributed by atoms with E-state index in [0.29, 0.717) is 37.0 Å². The molecule has 0 fully saturated rings. The Morgan fingerprint density at radius 3 is 2.10 bits per heavy atom. The van der Waals surface area contributed by atoms with Crippen molar-refractivity contribution >= 4 is 29.6 Å². The second kappa shape index (κ2) is 22.1. The zero-order chi connectivity index (χ0) is 36.1. The molecular formula is C37H50N2O10. The van der Waals surface area contributed by atoms with Gasteiger partial charge in [0.25, 0.3) is 0 Å². The largest absolute Gasteiger partial charge is 0.489 e. The number of carboxylic acid groups (broad SMARTS) is 3. The van der Waals surface area contributed by atoms with Crippen molar-refractivity contribution in [2.45, 2.75) is 115 Å². The number of aliphatic carboxylic acids is 3. The lowest BCUT2D eigenvalue weighted by molar-refractivity contribution is -0.172. The number of carbonyl (C=O) groups is 5. The van der Waals surface area contributed by atoms with Gasteiger partial charge in [-0.1, -0.05) is 75.8 Å². The fourth-order valence-electron chi connectivity index (χ4n) is 5.30. The molecule has 1 amide bonds. The molecule has 1 aromatic carbocycles. The van der Waals surface area contributed by atoms with E-state index < -0.39 is 47.8 Å². The molecule has 12 heteroatoms. The topological polar surface area (TPSA) is 200 Å². The average molecular weight is 683 g/mol. The molecule has 0 bridgehead atoms. The highest BCUT2D eigenvalue weighted by Crippen LogP contribution is 2.26. The van der Waals surface area contributed by atoms with Crippen LogP contribution in [0, 0.1) is 5.92 Å². The first-order chi connectivity index (χ1) is 23.5. The maximum absolute atomic E-state index is 13.4. The second-order valence-corrected chi connectivity index (χ2v) is 12.3. The summed E-state index contributed by atoms with van der Waals surface area (Å²) in [7, 11) is 0. The predicted molar refractivity (Wildman–Crippen MR) is 182 cm³/mol. The summed E-state index contributed by atoms with van der Waals surface area (Å²) in [5, 5.41) is 42.2. The van der Waals surface area contributed by atoms with E-state index in [-0.39, 0.29) is 18.8 Å². The Morgan fingerprint density at radius 1 is 0.878 bits per heavy atom. The summed E-state index contributed by atoms with van der Waals surface area (Å²) in [5.74, 6) is -7.22. The number of benzene rings is 1. The summed E-state index contributed by atoms with van der Waals surface area (Å²) in [6, 6.07) is 8.67. The molecule has 268 valence electrons. The summed E-state index contributed by atoms with van der Waals surface area (Å²) < 4.78 is 5.71. The minimum absolute atomic E-state index is 0.174. The first-order valence-corrected chi connectivity index (χ1v) is 17.0. The Labute approximate surface area is 287 Å². The highest BCUT2D eigenvalue weighted by atomic mass is 16.5. The van der Waals surface area contributed by atoms with Crippen molar-refractivity contribution in [3.05, 3.63) is 72.1 Å². The van der Waals surface area contributed by atoms with Gasteiger partial charge in [-0.3, -0.25) is 19.4 Å². The van der Waals surface area contributed by atoms with Crippen molar-refractivity contribution in [2.24, 2.45) is 5.92 Å². The van der Waals surface area contributed by atoms with E-state index in [0.717, 1.165) is 56.6 Å². The lowest BCUT2D eigenvalue weighted by atomic mass is 9.82. The van der Waals surface area contributed by atoms with Gasteiger partial charge in [0.1, 0.15) is 24.2 Å². The number of carbonyl (C=O) groups excluding carboxylic acids is 2. The van der Waals surface area contributed by atoms with Gasteiger partial charge in [-0.15, -0.1) is 0 Å². The van der Waals surface area contributed by atoms with Crippen LogP contribution in [0.4, 0.5) is 0 Å². The van der Waals surface area contributed by atoms with Gasteiger partial charge in [-0.05, 0) is 49.4 Å². The van der Waals surface area contributed by atoms with Gasteiger partial charge < -0.3 is 30.5 Å². The van der Waals surface area contributed by atoms with Crippen LogP contribution in [0.3, 0.4) is 0 Å². The van der Waals surface area contributed by atoms with Crippen molar-refractivity contribution in [2.75, 3.05) is 0 Å². The van der Waals surface area contributed by atoms with Crippen LogP contribution < -0.4 is 10.1 Å². The third-order valence-electron chi connectivity index (χ3n) is 8.16. The number of aromatic nitrogens is 1. The van der Waals surface area contributed by atoms with Crippen LogP contribution in [0.1, 0.15) is 102 Å². The van der Waals surface area contributed by atoms with Crippen LogP contribution in [-0.4, -0.2) is 66.7 Å². The molecule has 2 rings (SSSR count). The number of Topliss-reactive ketones (excluding diaryl/α,β-unsaturated/α-hetero) is 1. The van der Waals surface area contributed by atoms with Crippen LogP contribution in [-0.2, 0) is 37.0 Å². The maximum Gasteiger partial charge on any atom is 0.337 e. The molecule has 0 aliphatic rings. The molecule has 1 heterocycles. The number of ether oxygens (including phenoxy) is 1. The predicted octanol–water partition coefficient (Wildman–Crippen LogP) is 5.51. The number of hydrogen-bond donors (Lipinski definition) is 5. The van der Waals surface area contributed by atoms with Crippen molar-refractivity contribution in [3.63, 3.8) is 0 Å². The van der Waals surface area contributed by atoms with E-state index in [1.165, 1.54) is 12.5 Å². The monoisotopic (exact) mass is 682 g/mol. The van der Waals surface area contributed by atoms with E-state index in [2.05, 4.69) is 17.2 Å². The molecule has 0 aliphatic carbocycles. The van der Waals surface area contributed by atoms with Crippen LogP contribution >= 0.6 is 0 Å². The Morgan fingerprint density at radius 2 is 1.53 bits per heavy atom. The Bertz CT molecular complexity index is 1360. The Balaban J connectivity index is 1.98. The van der Waals surface area contributed by atoms with Gasteiger partial charge >= 0.3 is 17.9 Å². The smallest absolute Gasteiger partial charge is 0.337 e. The molecule has 5 N–H and O–H groups in total. The molecule has 12 nitrogen and oxygen atoms in total. The summed E-state index contributed by atoms with van der Waals surface area (Å²) in [6.45, 7) is 2.42. The molecule has 3 unspecified atom stereocenters. The standard InChI is InChI=1S/C37H50N2O10/c1-2-3-4-7-10-15-29(40)16-11-8-5-6-9-12-17-31(37(48,36(46)47)24-33(41)42)34(43)39-32(35(44)45)23-27-18-20-30(21-19-27)49-26-28-14-13-22-38-25-28/h12-14,17-22,25,31-32,48H,2-11,15-16,23-24,26H2,1H3,(H,39,43)(H,41,42)(H,44,45)(H,46,47)/b17-12+. The zero-order valence-electron chi connectivity index (χ0n) is 28.2. The quantitative estimate of drug-likeness (QED) is 0.0619. The molecule has 1 aromatic heterocycles. The summed E-state index contributed by atoms with van der Waals surface area (Å²) >= 11 is 0. The average Bonchev–Trinajstić information content (AvgIpc) is 3.06. The van der Waals surface area contributed by atoms with E-state index in [4.69, 9.17) is 4.74 Å². The number of allylic oxidation sites excluding steroid dienone is 1. The maximum atomic E-state index is 13.4. The first kappa shape index (κ1) is 40.6. The molecule has 0 spiro atoms. The van der Waals surface area contributed by atoms with Crippen molar-refractivity contribution in [1.29, 1.82) is 0 Å². The van der Waals surface area contributed by atoms with Gasteiger partial charge in [-0.2, -0.15) is 0 Å². The number of carboxylic acids is 3. The highest BCUT2D eigenvalue weighted by Gasteiger charge is 2.49. The number of nitrogens with zero attached hydrogens (tertiary/aromatic N) is 1. The summed E-state index contributed by atoms with van der Waals surface area (Å²) in [6.07, 6.45) is 14.5. The molecule has 2 aromatic rings. The fraction of sp³-hybridized carbons (Fsp3) is 0.514. The van der Waals surface area contributed by atoms with Crippen LogP contribution in [0.2, 0.25) is 0 Å². The molecule has 0 saturated carbocycles. The van der Waals surface area contributed by atoms with Gasteiger partial charge in [0.05, 0.1) is 12.3 Å². The number of nitrogens with one attached hydrogen (secondary N) is 1. The third-order valence-corrected chi connectivity index (χ3v) is 8.16. The fourth-order valence-corrected chi connectivity index (χ4v) is 5.30. The number of hydrogen-bond acceptors (Lipinski definition) is 8. The Kier molecular flexibility index (Phi) is 18.3. The van der Waals surface area contributed by atoms with Gasteiger partial charge in [0.2, 0.25) is 5.91 Å². The van der Waals surface area contributed by atoms with Crippen LogP contribution in [0.5, 0.6) is 5.75 Å². The molecule has 49 heavy (non-hydrogen) atoms. The number of amides is 1. The minimum Gasteiger partial charge on any atom is -0.489 e. The normalized spacial score (nSPS) is 13.7. The third kappa shape index (κ3) is 15.5. The summed E-state index contributed by atoms with van der Waals surface area (Å²) in [4.78, 5) is 65.1. The van der Waals surface area contributed by atoms with Crippen LogP contribution in [0.25, 0.3) is 0 Å². The van der Waals surface area contributed by atoms with Gasteiger partial charge in [0.15, 0.2) is 5.60 Å². The molecule has 3 atom stereocenters. The lowest BCUT2D eigenvalue weighted by Gasteiger charge is -2.29. The lowest BCUT2D eigenvalue weighted by Crippen LogP contribution is -2.55. The van der Waals surface area contributed by atoms with Gasteiger partial charge in [-0.25, -0.2) is 9.59 Å². The molecule has 0 aliphatic heterocycles. The highest BCUT2D eigenvalue weighted by molar-refractivity contribution is 5.94. The number of aliphatic hydroxyl groups is 1. The summed E-state index contributed by atoms with van der Waals surface area (Å²) in [5.41, 5.74) is -1.64. The van der Waals surface area contributed by atoms with Crippen LogP contribution in [0.15, 0.2) is 60.9 Å². The van der Waals surface area contributed by atoms with Crippen molar-refractivity contribution in [3.8, 4) is 5.75 Å². The molecule has 0 saturated heterocycles. The minimum atomic E-state index is -3.03. The van der Waals surface area contributed by atoms with E-state index in [1.54, 1.807) is 42.7 Å². The van der Waals surface area contributed by atoms with Crippen molar-refractivity contribution < 1.29 is 49.1 Å². The van der Waals surface area contributed by atoms with E-state index >= 15 is 0 Å². The molecular weight excluding hydrogens is 632 g/mol. The first-order valence-electron chi connectivity index (χ1n) is 17.0. The zero-order valence-corrected chi connectivity index (χ0v) is 28.2. The van der Waals surface area contributed by atoms with E-state index in [1.807, 2.05) is 6.07 Å². The number of rotatable bonds is 26. The van der Waals surface area contributed by atoms with E-state index in [9.17, 15) is 44.4 Å². The Hall–Kier alpha value is -4.58. The number of unbranched alkanes of at least 4 members (excludes halogenated alkanes) is 8. The van der Waals surface area contributed by atoms with Gasteiger partial charge in [0, 0.05) is 37.2 Å².